The topological polar surface area (TPSA) is 82.0 Å². The van der Waals surface area contributed by atoms with Gasteiger partial charge in [0.05, 0.1) is 0 Å². The minimum Gasteiger partial charge on any atom is -0.323 e. The van der Waals surface area contributed by atoms with Crippen LogP contribution >= 0.6 is 0 Å². The summed E-state index contributed by atoms with van der Waals surface area (Å²) in [5.74, 6) is 0.628. The van der Waals surface area contributed by atoms with Crippen LogP contribution in [-0.4, -0.2) is 24.8 Å². The normalized spacial score (nSPS) is 12.8. The Bertz CT molecular complexity index is 731. The number of benzene rings is 1. The fourth-order valence-corrected chi connectivity index (χ4v) is 1.97. The van der Waals surface area contributed by atoms with Crippen LogP contribution in [0.1, 0.15) is 24.2 Å². The SMILES string of the molecule is Cc1cccc(-c2nc([C@H](C)N)c3nncn3n2)c1. The highest BCUT2D eigenvalue weighted by Gasteiger charge is 2.14. The number of aromatic nitrogens is 5. The zero-order valence-corrected chi connectivity index (χ0v) is 10.8. The molecule has 1 atom stereocenters. The molecule has 19 heavy (non-hydrogen) atoms. The second kappa shape index (κ2) is 4.40. The van der Waals surface area contributed by atoms with E-state index in [1.807, 2.05) is 38.1 Å². The summed E-state index contributed by atoms with van der Waals surface area (Å²) in [6.45, 7) is 3.91. The van der Waals surface area contributed by atoms with Crippen LogP contribution in [0, 0.1) is 6.92 Å². The van der Waals surface area contributed by atoms with E-state index in [1.54, 1.807) is 10.8 Å². The molecule has 0 radical (unpaired) electrons. The highest BCUT2D eigenvalue weighted by atomic mass is 15.4. The predicted octanol–water partition coefficient (Wildman–Crippen LogP) is 1.51. The third-order valence-corrected chi connectivity index (χ3v) is 2.90. The highest BCUT2D eigenvalue weighted by molar-refractivity contribution is 5.58. The lowest BCUT2D eigenvalue weighted by molar-refractivity contribution is 0.757. The molecule has 0 aliphatic carbocycles. The van der Waals surface area contributed by atoms with Crippen LogP contribution in [-0.2, 0) is 0 Å². The summed E-state index contributed by atoms with van der Waals surface area (Å²) < 4.78 is 1.61. The number of hydrogen-bond donors (Lipinski definition) is 1. The molecule has 0 fully saturated rings. The molecule has 96 valence electrons. The molecule has 2 heterocycles. The molecule has 0 saturated carbocycles. The first-order valence-electron chi connectivity index (χ1n) is 6.06. The molecule has 2 aromatic heterocycles. The van der Waals surface area contributed by atoms with Crippen molar-refractivity contribution in [2.24, 2.45) is 5.73 Å². The summed E-state index contributed by atoms with van der Waals surface area (Å²) in [5, 5.41) is 12.3. The van der Waals surface area contributed by atoms with Crippen molar-refractivity contribution in [2.45, 2.75) is 19.9 Å². The summed E-state index contributed by atoms with van der Waals surface area (Å²) >= 11 is 0. The minimum atomic E-state index is -0.224. The number of hydrogen-bond acceptors (Lipinski definition) is 5. The van der Waals surface area contributed by atoms with Crippen LogP contribution in [0.3, 0.4) is 0 Å². The molecule has 6 nitrogen and oxygen atoms in total. The molecule has 0 unspecified atom stereocenters. The van der Waals surface area contributed by atoms with Gasteiger partial charge in [-0.05, 0) is 19.9 Å². The van der Waals surface area contributed by atoms with Gasteiger partial charge in [-0.15, -0.1) is 15.3 Å². The van der Waals surface area contributed by atoms with Crippen molar-refractivity contribution in [1.82, 2.24) is 24.8 Å². The summed E-state index contributed by atoms with van der Waals surface area (Å²) in [4.78, 5) is 4.52. The summed E-state index contributed by atoms with van der Waals surface area (Å²) in [7, 11) is 0. The van der Waals surface area contributed by atoms with Crippen molar-refractivity contribution in [3.8, 4) is 11.4 Å². The third kappa shape index (κ3) is 2.06. The van der Waals surface area contributed by atoms with Gasteiger partial charge < -0.3 is 5.73 Å². The number of fused-ring (bicyclic) bond motifs is 1. The van der Waals surface area contributed by atoms with Gasteiger partial charge >= 0.3 is 0 Å². The van der Waals surface area contributed by atoms with Crippen LogP contribution in [0.4, 0.5) is 0 Å². The minimum absolute atomic E-state index is 0.224. The lowest BCUT2D eigenvalue weighted by Gasteiger charge is -2.08. The van der Waals surface area contributed by atoms with Gasteiger partial charge in [-0.3, -0.25) is 0 Å². The van der Waals surface area contributed by atoms with Crippen LogP contribution in [0.15, 0.2) is 30.6 Å². The van der Waals surface area contributed by atoms with Crippen LogP contribution in [0.2, 0.25) is 0 Å². The van der Waals surface area contributed by atoms with E-state index in [0.29, 0.717) is 17.2 Å². The Hall–Kier alpha value is -2.34. The van der Waals surface area contributed by atoms with Gasteiger partial charge in [0.25, 0.3) is 0 Å². The van der Waals surface area contributed by atoms with Crippen molar-refractivity contribution in [1.29, 1.82) is 0 Å². The van der Waals surface area contributed by atoms with Gasteiger partial charge in [-0.2, -0.15) is 4.52 Å². The predicted molar refractivity (Wildman–Crippen MR) is 71.4 cm³/mol. The molecular weight excluding hydrogens is 240 g/mol. The zero-order chi connectivity index (χ0) is 13.4. The van der Waals surface area contributed by atoms with Gasteiger partial charge in [0.15, 0.2) is 5.82 Å². The number of nitrogens with two attached hydrogens (primary N) is 1. The number of rotatable bonds is 2. The van der Waals surface area contributed by atoms with Crippen molar-refractivity contribution < 1.29 is 0 Å². The lowest BCUT2D eigenvalue weighted by Crippen LogP contribution is -2.12. The fraction of sp³-hybridized carbons (Fsp3) is 0.231. The molecule has 0 aliphatic heterocycles. The van der Waals surface area contributed by atoms with Gasteiger partial charge in [-0.1, -0.05) is 23.8 Å². The van der Waals surface area contributed by atoms with Gasteiger partial charge in [-0.25, -0.2) is 4.98 Å². The maximum absolute atomic E-state index is 5.94. The molecule has 6 heteroatoms. The molecule has 0 amide bonds. The van der Waals surface area contributed by atoms with Gasteiger partial charge in [0, 0.05) is 11.6 Å². The maximum Gasteiger partial charge on any atom is 0.200 e. The van der Waals surface area contributed by atoms with E-state index in [0.717, 1.165) is 11.1 Å². The second-order valence-corrected chi connectivity index (χ2v) is 4.58. The van der Waals surface area contributed by atoms with E-state index in [9.17, 15) is 0 Å². The van der Waals surface area contributed by atoms with Gasteiger partial charge in [0.1, 0.15) is 12.0 Å². The summed E-state index contributed by atoms with van der Waals surface area (Å²) in [6, 6.07) is 7.81. The average molecular weight is 254 g/mol. The Morgan fingerprint density at radius 2 is 2.16 bits per heavy atom. The van der Waals surface area contributed by atoms with E-state index in [2.05, 4.69) is 20.3 Å². The standard InChI is InChI=1S/C13H14N6/c1-8-4-3-5-10(6-8)12-16-11(9(2)14)13-17-15-7-19(13)18-12/h3-7,9H,14H2,1-2H3/t9-/m0/s1. The zero-order valence-electron chi connectivity index (χ0n) is 10.8. The maximum atomic E-state index is 5.94. The quantitative estimate of drug-likeness (QED) is 0.749. The Kier molecular flexibility index (Phi) is 2.72. The molecule has 3 rings (SSSR count). The smallest absolute Gasteiger partial charge is 0.200 e. The van der Waals surface area contributed by atoms with Crippen molar-refractivity contribution >= 4 is 5.65 Å². The van der Waals surface area contributed by atoms with Crippen molar-refractivity contribution in [3.63, 3.8) is 0 Å². The molecule has 0 saturated heterocycles. The number of aryl methyl sites for hydroxylation is 1. The first kappa shape index (κ1) is 11.7. The molecule has 0 spiro atoms. The first-order chi connectivity index (χ1) is 9.15. The van der Waals surface area contributed by atoms with Crippen LogP contribution in [0.5, 0.6) is 0 Å². The summed E-state index contributed by atoms with van der Waals surface area (Å²) in [5.41, 5.74) is 9.36. The third-order valence-electron chi connectivity index (χ3n) is 2.90. The van der Waals surface area contributed by atoms with Crippen molar-refractivity contribution in [3.05, 3.63) is 41.9 Å². The van der Waals surface area contributed by atoms with Crippen molar-refractivity contribution in [2.75, 3.05) is 0 Å². The Labute approximate surface area is 110 Å². The Morgan fingerprint density at radius 3 is 2.89 bits per heavy atom. The second-order valence-electron chi connectivity index (χ2n) is 4.58. The average Bonchev–Trinajstić information content (AvgIpc) is 2.85. The monoisotopic (exact) mass is 254 g/mol. The van der Waals surface area contributed by atoms with Gasteiger partial charge in [0.2, 0.25) is 5.65 Å². The molecule has 2 N–H and O–H groups in total. The van der Waals surface area contributed by atoms with E-state index >= 15 is 0 Å². The molecule has 0 bridgehead atoms. The summed E-state index contributed by atoms with van der Waals surface area (Å²) in [6.07, 6.45) is 1.56. The molecular formula is C13H14N6. The lowest BCUT2D eigenvalue weighted by atomic mass is 10.1. The largest absolute Gasteiger partial charge is 0.323 e. The Morgan fingerprint density at radius 1 is 1.32 bits per heavy atom. The molecule has 3 aromatic rings. The molecule has 1 aromatic carbocycles. The highest BCUT2D eigenvalue weighted by Crippen LogP contribution is 2.19. The Balaban J connectivity index is 2.24. The van der Waals surface area contributed by atoms with Crippen LogP contribution < -0.4 is 5.73 Å². The molecule has 0 aliphatic rings. The fourth-order valence-electron chi connectivity index (χ4n) is 1.97. The number of nitrogens with zero attached hydrogens (tertiary/aromatic N) is 5. The van der Waals surface area contributed by atoms with E-state index in [4.69, 9.17) is 5.73 Å². The van der Waals surface area contributed by atoms with E-state index < -0.39 is 0 Å². The van der Waals surface area contributed by atoms with E-state index in [1.165, 1.54) is 0 Å². The van der Waals surface area contributed by atoms with E-state index in [-0.39, 0.29) is 6.04 Å². The first-order valence-corrected chi connectivity index (χ1v) is 6.06. The van der Waals surface area contributed by atoms with Crippen LogP contribution in [0.25, 0.3) is 17.0 Å².